The Morgan fingerprint density at radius 1 is 1.00 bits per heavy atom. The minimum absolute atomic E-state index is 0.0106. The average Bonchev–Trinajstić information content (AvgIpc) is 3.36. The number of ether oxygens (including phenoxy) is 2. The Kier molecular flexibility index (Phi) is 3.91. The van der Waals surface area contributed by atoms with Gasteiger partial charge in [0.15, 0.2) is 5.78 Å². The molecule has 4 heteroatoms. The maximum absolute atomic E-state index is 13.1. The summed E-state index contributed by atoms with van der Waals surface area (Å²) in [5.41, 5.74) is 4.24. The third-order valence-electron chi connectivity index (χ3n) is 6.03. The highest BCUT2D eigenvalue weighted by Gasteiger charge is 2.57. The normalized spacial score (nSPS) is 27.6. The molecule has 0 aromatic heterocycles. The number of Topliss-reactive ketones (excluding diaryl/α,β-unsaturated/α-hetero) is 1. The van der Waals surface area contributed by atoms with Crippen molar-refractivity contribution in [3.8, 4) is 5.75 Å². The van der Waals surface area contributed by atoms with Crippen LogP contribution in [0.2, 0.25) is 0 Å². The minimum Gasteiger partial charge on any atom is -0.511 e. The zero-order valence-electron chi connectivity index (χ0n) is 15.9. The lowest BCUT2D eigenvalue weighted by atomic mass is 9.84. The minimum atomic E-state index is -0.294. The molecule has 0 radical (unpaired) electrons. The molecule has 1 saturated heterocycles. The Balaban J connectivity index is 1.46. The molecule has 142 valence electrons. The van der Waals surface area contributed by atoms with Crippen LogP contribution in [0.25, 0.3) is 5.57 Å². The third-order valence-corrected chi connectivity index (χ3v) is 6.03. The predicted molar refractivity (Wildman–Crippen MR) is 106 cm³/mol. The number of carbonyl (C=O) groups excluding carboxylic acids is 1. The monoisotopic (exact) mass is 374 g/mol. The van der Waals surface area contributed by atoms with Gasteiger partial charge < -0.3 is 14.6 Å². The molecule has 2 aromatic carbocycles. The van der Waals surface area contributed by atoms with Gasteiger partial charge in [0.1, 0.15) is 18.1 Å². The van der Waals surface area contributed by atoms with Gasteiger partial charge in [-0.25, -0.2) is 0 Å². The van der Waals surface area contributed by atoms with Crippen molar-refractivity contribution >= 4 is 11.4 Å². The molecule has 0 amide bonds. The highest BCUT2D eigenvalue weighted by Crippen LogP contribution is 2.51. The lowest BCUT2D eigenvalue weighted by molar-refractivity contribution is -0.118. The predicted octanol–water partition coefficient (Wildman–Crippen LogP) is 4.30. The number of fused-ring (bicyclic) bond motifs is 5. The van der Waals surface area contributed by atoms with Gasteiger partial charge in [-0.2, -0.15) is 0 Å². The van der Waals surface area contributed by atoms with Gasteiger partial charge in [-0.15, -0.1) is 0 Å². The lowest BCUT2D eigenvalue weighted by Crippen LogP contribution is -2.26. The summed E-state index contributed by atoms with van der Waals surface area (Å²) in [4.78, 5) is 13.1. The molecule has 2 heterocycles. The third kappa shape index (κ3) is 2.52. The molecule has 2 aliphatic heterocycles. The molecule has 28 heavy (non-hydrogen) atoms. The number of carbonyl (C=O) groups is 1. The first-order valence-corrected chi connectivity index (χ1v) is 9.64. The zero-order chi connectivity index (χ0) is 19.4. The van der Waals surface area contributed by atoms with E-state index in [4.69, 9.17) is 9.47 Å². The Morgan fingerprint density at radius 3 is 2.29 bits per heavy atom. The molecule has 2 unspecified atom stereocenters. The molecule has 1 aliphatic carbocycles. The quantitative estimate of drug-likeness (QED) is 0.811. The number of hydrogen-bond donors (Lipinski definition) is 1. The molecule has 1 fully saturated rings. The SMILES string of the molecule is Cc1cc(OCc2ccccc2)cc(C)c1C1=C(O)C2C(C1=O)[C@@H]1C=C[C@H]2O1. The van der Waals surface area contributed by atoms with Crippen LogP contribution in [-0.4, -0.2) is 23.1 Å². The van der Waals surface area contributed by atoms with Crippen LogP contribution >= 0.6 is 0 Å². The van der Waals surface area contributed by atoms with E-state index in [2.05, 4.69) is 0 Å². The van der Waals surface area contributed by atoms with Crippen LogP contribution in [-0.2, 0) is 16.1 Å². The van der Waals surface area contributed by atoms with Gasteiger partial charge in [-0.1, -0.05) is 42.5 Å². The second kappa shape index (κ2) is 6.35. The molecule has 4 atom stereocenters. The number of benzene rings is 2. The zero-order valence-corrected chi connectivity index (χ0v) is 15.9. The van der Waals surface area contributed by atoms with Crippen LogP contribution in [0.3, 0.4) is 0 Å². The molecule has 0 saturated carbocycles. The van der Waals surface area contributed by atoms with Gasteiger partial charge in [0.2, 0.25) is 0 Å². The summed E-state index contributed by atoms with van der Waals surface area (Å²) in [6.07, 6.45) is 3.50. The number of allylic oxidation sites excluding steroid dienone is 1. The second-order valence-corrected chi connectivity index (χ2v) is 7.83. The van der Waals surface area contributed by atoms with E-state index >= 15 is 0 Å². The van der Waals surface area contributed by atoms with E-state index in [0.717, 1.165) is 28.0 Å². The smallest absolute Gasteiger partial charge is 0.173 e. The van der Waals surface area contributed by atoms with E-state index < -0.39 is 0 Å². The second-order valence-electron chi connectivity index (χ2n) is 7.83. The van der Waals surface area contributed by atoms with Crippen molar-refractivity contribution in [2.45, 2.75) is 32.7 Å². The standard InChI is InChI=1S/C24H22O4/c1-13-10-16(27-12-15-6-4-3-5-7-15)11-14(2)19(13)22-23(25)20-17-8-9-18(28-17)21(20)24(22)26/h3-11,17-18,20-21,25H,12H2,1-2H3/t17-,18+,20?,21?/m1/s1. The first-order chi connectivity index (χ1) is 13.5. The van der Waals surface area contributed by atoms with E-state index in [9.17, 15) is 9.90 Å². The summed E-state index contributed by atoms with van der Waals surface area (Å²) in [7, 11) is 0. The molecule has 5 rings (SSSR count). The Morgan fingerprint density at radius 2 is 1.64 bits per heavy atom. The van der Waals surface area contributed by atoms with Crippen molar-refractivity contribution < 1.29 is 19.4 Å². The highest BCUT2D eigenvalue weighted by atomic mass is 16.5. The van der Waals surface area contributed by atoms with Crippen LogP contribution in [0.4, 0.5) is 0 Å². The summed E-state index contributed by atoms with van der Waals surface area (Å²) in [6, 6.07) is 13.9. The molecule has 2 aromatic rings. The maximum Gasteiger partial charge on any atom is 0.173 e. The Hall–Kier alpha value is -2.85. The van der Waals surface area contributed by atoms with Crippen LogP contribution in [0, 0.1) is 25.7 Å². The molecule has 0 spiro atoms. The molecule has 3 aliphatic rings. The first-order valence-electron chi connectivity index (χ1n) is 9.64. The van der Waals surface area contributed by atoms with Crippen molar-refractivity contribution in [3.05, 3.63) is 82.6 Å². The fraction of sp³-hybridized carbons (Fsp3) is 0.292. The summed E-state index contributed by atoms with van der Waals surface area (Å²) in [6.45, 7) is 4.41. The van der Waals surface area contributed by atoms with Crippen molar-refractivity contribution in [2.24, 2.45) is 11.8 Å². The number of aryl methyl sites for hydroxylation is 2. The van der Waals surface area contributed by atoms with Crippen LogP contribution in [0.15, 0.2) is 60.4 Å². The molecule has 2 bridgehead atoms. The van der Waals surface area contributed by atoms with E-state index in [0.29, 0.717) is 12.2 Å². The van der Waals surface area contributed by atoms with Gasteiger partial charge in [-0.05, 0) is 48.2 Å². The van der Waals surface area contributed by atoms with Crippen LogP contribution < -0.4 is 4.74 Å². The Labute approximate surface area is 164 Å². The summed E-state index contributed by atoms with van der Waals surface area (Å²) >= 11 is 0. The van der Waals surface area contributed by atoms with Crippen LogP contribution in [0.1, 0.15) is 22.3 Å². The van der Waals surface area contributed by atoms with Crippen molar-refractivity contribution in [2.75, 3.05) is 0 Å². The van der Waals surface area contributed by atoms with E-state index in [1.165, 1.54) is 0 Å². The number of aliphatic hydroxyl groups excluding tert-OH is 1. The van der Waals surface area contributed by atoms with Crippen molar-refractivity contribution in [1.82, 2.24) is 0 Å². The summed E-state index contributed by atoms with van der Waals surface area (Å²) in [5, 5.41) is 10.9. The number of ketones is 1. The van der Waals surface area contributed by atoms with Gasteiger partial charge in [0.25, 0.3) is 0 Å². The summed E-state index contributed by atoms with van der Waals surface area (Å²) in [5.74, 6) is 0.390. The molecule has 1 N–H and O–H groups in total. The lowest BCUT2D eigenvalue weighted by Gasteiger charge is -2.16. The number of hydrogen-bond acceptors (Lipinski definition) is 4. The van der Waals surface area contributed by atoms with Gasteiger partial charge in [0.05, 0.1) is 29.6 Å². The number of rotatable bonds is 4. The fourth-order valence-electron chi connectivity index (χ4n) is 4.80. The largest absolute Gasteiger partial charge is 0.511 e. The Bertz CT molecular complexity index is 995. The molecule has 4 nitrogen and oxygen atoms in total. The van der Waals surface area contributed by atoms with E-state index in [1.54, 1.807) is 0 Å². The van der Waals surface area contributed by atoms with Gasteiger partial charge >= 0.3 is 0 Å². The number of aliphatic hydroxyl groups is 1. The van der Waals surface area contributed by atoms with E-state index in [1.807, 2.05) is 68.5 Å². The first kappa shape index (κ1) is 17.3. The average molecular weight is 374 g/mol. The van der Waals surface area contributed by atoms with Crippen molar-refractivity contribution in [1.29, 1.82) is 0 Å². The summed E-state index contributed by atoms with van der Waals surface area (Å²) < 4.78 is 11.7. The van der Waals surface area contributed by atoms with Gasteiger partial charge in [-0.3, -0.25) is 4.79 Å². The van der Waals surface area contributed by atoms with Crippen molar-refractivity contribution in [3.63, 3.8) is 0 Å². The fourth-order valence-corrected chi connectivity index (χ4v) is 4.80. The van der Waals surface area contributed by atoms with Gasteiger partial charge in [0, 0.05) is 0 Å². The topological polar surface area (TPSA) is 55.8 Å². The molecular weight excluding hydrogens is 352 g/mol. The highest BCUT2D eigenvalue weighted by molar-refractivity contribution is 6.26. The maximum atomic E-state index is 13.1. The molecular formula is C24H22O4. The van der Waals surface area contributed by atoms with E-state index in [-0.39, 0.29) is 35.6 Å². The van der Waals surface area contributed by atoms with Crippen LogP contribution in [0.5, 0.6) is 5.75 Å².